The van der Waals surface area contributed by atoms with E-state index in [4.69, 9.17) is 0 Å². The Morgan fingerprint density at radius 2 is 1.68 bits per heavy atom. The number of likely N-dealkylation sites (tertiary alicyclic amines) is 1. The number of nitrogens with zero attached hydrogens (tertiary/aromatic N) is 1. The first-order valence-corrected chi connectivity index (χ1v) is 11.6. The normalized spacial score (nSPS) is 15.4. The highest BCUT2D eigenvalue weighted by molar-refractivity contribution is 6.07. The summed E-state index contributed by atoms with van der Waals surface area (Å²) in [6, 6.07) is 19.6. The van der Waals surface area contributed by atoms with Crippen molar-refractivity contribution in [2.45, 2.75) is 38.8 Å². The van der Waals surface area contributed by atoms with Gasteiger partial charge in [0.05, 0.1) is 6.04 Å². The summed E-state index contributed by atoms with van der Waals surface area (Å²) in [6.45, 7) is -0.0718. The van der Waals surface area contributed by atoms with Crippen molar-refractivity contribution in [3.63, 3.8) is 0 Å². The topological polar surface area (TPSA) is 58.6 Å². The fourth-order valence-corrected chi connectivity index (χ4v) is 4.59. The van der Waals surface area contributed by atoms with Gasteiger partial charge in [0.25, 0.3) is 5.91 Å². The summed E-state index contributed by atoms with van der Waals surface area (Å²) < 4.78 is 30.2. The highest BCUT2D eigenvalue weighted by Crippen LogP contribution is 2.30. The van der Waals surface area contributed by atoms with Crippen LogP contribution >= 0.6 is 0 Å². The molecular weight excluding hydrogens is 438 g/mol. The van der Waals surface area contributed by atoms with E-state index in [-0.39, 0.29) is 23.5 Å². The van der Waals surface area contributed by atoms with E-state index < -0.39 is 12.7 Å². The molecule has 0 saturated carbocycles. The molecule has 1 heterocycles. The number of para-hydroxylation sites is 1. The molecule has 1 fully saturated rings. The summed E-state index contributed by atoms with van der Waals surface area (Å²) >= 11 is 0. The van der Waals surface area contributed by atoms with Crippen molar-refractivity contribution in [2.24, 2.45) is 5.92 Å². The summed E-state index contributed by atoms with van der Waals surface area (Å²) in [5, 5.41) is 4.94. The van der Waals surface area contributed by atoms with Crippen LogP contribution < -0.4 is 10.1 Å². The van der Waals surface area contributed by atoms with Crippen LogP contribution in [0.25, 0.3) is 10.8 Å². The van der Waals surface area contributed by atoms with Gasteiger partial charge in [0, 0.05) is 30.1 Å². The number of benzene rings is 3. The van der Waals surface area contributed by atoms with Gasteiger partial charge in [0.2, 0.25) is 5.91 Å². The third-order valence-corrected chi connectivity index (χ3v) is 6.41. The molecule has 3 aromatic rings. The van der Waals surface area contributed by atoms with E-state index in [9.17, 15) is 18.4 Å². The number of nitrogens with one attached hydrogen (secondary N) is 1. The van der Waals surface area contributed by atoms with Gasteiger partial charge in [-0.2, -0.15) is 8.78 Å². The molecule has 7 heteroatoms. The van der Waals surface area contributed by atoms with Crippen LogP contribution in [0.5, 0.6) is 5.75 Å². The molecule has 0 bridgehead atoms. The Labute approximate surface area is 197 Å². The maximum absolute atomic E-state index is 13.2. The zero-order valence-corrected chi connectivity index (χ0v) is 19.0. The number of alkyl halides is 2. The molecule has 34 heavy (non-hydrogen) atoms. The number of rotatable bonds is 7. The SMILES string of the molecule is CCC(NC(=O)C1CCN(C(=O)c2cccc3ccccc23)CC1)c1ccccc1OC(F)F. The predicted octanol–water partition coefficient (Wildman–Crippen LogP) is 5.56. The fourth-order valence-electron chi connectivity index (χ4n) is 4.59. The smallest absolute Gasteiger partial charge is 0.387 e. The van der Waals surface area contributed by atoms with E-state index in [1.807, 2.05) is 49.4 Å². The number of carbonyl (C=O) groups excluding carboxylic acids is 2. The molecule has 0 spiro atoms. The quantitative estimate of drug-likeness (QED) is 0.496. The lowest BCUT2D eigenvalue weighted by Gasteiger charge is -2.32. The summed E-state index contributed by atoms with van der Waals surface area (Å²) in [6.07, 6.45) is 1.63. The standard InChI is InChI=1S/C27H28F2N2O3/c1-2-23(22-11-5-6-13-24(22)34-27(28)29)30-25(32)19-14-16-31(17-15-19)26(33)21-12-7-9-18-8-3-4-10-20(18)21/h3-13,19,23,27H,2,14-17H2,1H3,(H,30,32). The zero-order valence-electron chi connectivity index (χ0n) is 19.0. The maximum atomic E-state index is 13.2. The van der Waals surface area contributed by atoms with Crippen LogP contribution in [0.2, 0.25) is 0 Å². The van der Waals surface area contributed by atoms with Crippen molar-refractivity contribution in [3.05, 3.63) is 77.9 Å². The number of fused-ring (bicyclic) bond motifs is 1. The predicted molar refractivity (Wildman–Crippen MR) is 127 cm³/mol. The number of carbonyl (C=O) groups is 2. The Bertz CT molecular complexity index is 1150. The average molecular weight is 467 g/mol. The van der Waals surface area contributed by atoms with Crippen molar-refractivity contribution in [2.75, 3.05) is 13.1 Å². The van der Waals surface area contributed by atoms with Crippen LogP contribution in [0, 0.1) is 5.92 Å². The molecule has 1 aliphatic heterocycles. The van der Waals surface area contributed by atoms with E-state index in [1.54, 1.807) is 23.1 Å². The summed E-state index contributed by atoms with van der Waals surface area (Å²) in [4.78, 5) is 28.0. The maximum Gasteiger partial charge on any atom is 0.387 e. The lowest BCUT2D eigenvalue weighted by molar-refractivity contribution is -0.127. The number of amides is 2. The Balaban J connectivity index is 1.39. The van der Waals surface area contributed by atoms with Gasteiger partial charge < -0.3 is 15.0 Å². The largest absolute Gasteiger partial charge is 0.434 e. The van der Waals surface area contributed by atoms with Gasteiger partial charge in [-0.1, -0.05) is 61.5 Å². The van der Waals surface area contributed by atoms with Gasteiger partial charge in [-0.25, -0.2) is 0 Å². The first-order valence-electron chi connectivity index (χ1n) is 11.6. The summed E-state index contributed by atoms with van der Waals surface area (Å²) in [5.74, 6) is -0.329. The highest BCUT2D eigenvalue weighted by Gasteiger charge is 2.30. The monoisotopic (exact) mass is 466 g/mol. The molecule has 0 radical (unpaired) electrons. The fraction of sp³-hybridized carbons (Fsp3) is 0.333. The Morgan fingerprint density at radius 1 is 1.00 bits per heavy atom. The molecule has 1 atom stereocenters. The molecule has 0 aliphatic carbocycles. The Kier molecular flexibility index (Phi) is 7.40. The van der Waals surface area contributed by atoms with Gasteiger partial charge in [0.1, 0.15) is 5.75 Å². The Morgan fingerprint density at radius 3 is 2.41 bits per heavy atom. The van der Waals surface area contributed by atoms with Gasteiger partial charge >= 0.3 is 6.61 Å². The molecule has 1 N–H and O–H groups in total. The lowest BCUT2D eigenvalue weighted by atomic mass is 9.93. The molecule has 0 aromatic heterocycles. The highest BCUT2D eigenvalue weighted by atomic mass is 19.3. The number of ether oxygens (including phenoxy) is 1. The average Bonchev–Trinajstić information content (AvgIpc) is 2.86. The third kappa shape index (κ3) is 5.19. The summed E-state index contributed by atoms with van der Waals surface area (Å²) in [5.41, 5.74) is 1.20. The minimum atomic E-state index is -2.93. The van der Waals surface area contributed by atoms with Crippen LogP contribution in [-0.4, -0.2) is 36.4 Å². The van der Waals surface area contributed by atoms with E-state index in [0.717, 1.165) is 10.8 Å². The minimum absolute atomic E-state index is 0.0276. The van der Waals surface area contributed by atoms with Gasteiger partial charge in [-0.05, 0) is 42.2 Å². The third-order valence-electron chi connectivity index (χ3n) is 6.41. The second kappa shape index (κ2) is 10.6. The molecular formula is C27H28F2N2O3. The Hall–Kier alpha value is -3.48. The van der Waals surface area contributed by atoms with Crippen molar-refractivity contribution in [1.29, 1.82) is 0 Å². The number of halogens is 2. The number of hydrogen-bond donors (Lipinski definition) is 1. The molecule has 3 aromatic carbocycles. The first-order chi connectivity index (χ1) is 16.5. The lowest BCUT2D eigenvalue weighted by Crippen LogP contribution is -2.43. The van der Waals surface area contributed by atoms with Crippen LogP contribution in [0.4, 0.5) is 8.78 Å². The second-order valence-corrected chi connectivity index (χ2v) is 8.48. The van der Waals surface area contributed by atoms with Gasteiger partial charge in [0.15, 0.2) is 0 Å². The second-order valence-electron chi connectivity index (χ2n) is 8.48. The van der Waals surface area contributed by atoms with Crippen LogP contribution in [0.1, 0.15) is 48.1 Å². The van der Waals surface area contributed by atoms with Crippen molar-refractivity contribution in [3.8, 4) is 5.75 Å². The van der Waals surface area contributed by atoms with Crippen molar-refractivity contribution >= 4 is 22.6 Å². The molecule has 1 unspecified atom stereocenters. The molecule has 4 rings (SSSR count). The van der Waals surface area contributed by atoms with E-state index >= 15 is 0 Å². The van der Waals surface area contributed by atoms with Crippen LogP contribution in [0.15, 0.2) is 66.7 Å². The number of piperidine rings is 1. The zero-order chi connectivity index (χ0) is 24.1. The van der Waals surface area contributed by atoms with E-state index in [0.29, 0.717) is 43.5 Å². The molecule has 5 nitrogen and oxygen atoms in total. The van der Waals surface area contributed by atoms with E-state index in [1.165, 1.54) is 6.07 Å². The van der Waals surface area contributed by atoms with E-state index in [2.05, 4.69) is 10.1 Å². The number of hydrogen-bond acceptors (Lipinski definition) is 3. The molecule has 2 amide bonds. The minimum Gasteiger partial charge on any atom is -0.434 e. The molecule has 1 saturated heterocycles. The van der Waals surface area contributed by atoms with Crippen LogP contribution in [0.3, 0.4) is 0 Å². The molecule has 178 valence electrons. The van der Waals surface area contributed by atoms with Crippen molar-refractivity contribution in [1.82, 2.24) is 10.2 Å². The first kappa shape index (κ1) is 23.7. The summed E-state index contributed by atoms with van der Waals surface area (Å²) in [7, 11) is 0. The van der Waals surface area contributed by atoms with Gasteiger partial charge in [-0.3, -0.25) is 9.59 Å². The molecule has 1 aliphatic rings. The van der Waals surface area contributed by atoms with Crippen LogP contribution in [-0.2, 0) is 4.79 Å². The van der Waals surface area contributed by atoms with Crippen molar-refractivity contribution < 1.29 is 23.1 Å². The van der Waals surface area contributed by atoms with Gasteiger partial charge in [-0.15, -0.1) is 0 Å².